The number of halogens is 1. The molecule has 0 aliphatic carbocycles. The van der Waals surface area contributed by atoms with Gasteiger partial charge in [-0.3, -0.25) is 0 Å². The van der Waals surface area contributed by atoms with Crippen LogP contribution in [0.1, 0.15) is 25.0 Å². The van der Waals surface area contributed by atoms with Gasteiger partial charge in [0.25, 0.3) is 0 Å². The van der Waals surface area contributed by atoms with E-state index >= 15 is 0 Å². The topological polar surface area (TPSA) is 41.5 Å². The van der Waals surface area contributed by atoms with Gasteiger partial charge in [-0.15, -0.1) is 11.8 Å². The molecule has 0 heterocycles. The molecule has 3 aromatic carbocycles. The first-order valence-electron chi connectivity index (χ1n) is 10.5. The van der Waals surface area contributed by atoms with Gasteiger partial charge in [0.15, 0.2) is 0 Å². The third-order valence-electron chi connectivity index (χ3n) is 5.26. The molecule has 164 valence electrons. The summed E-state index contributed by atoms with van der Waals surface area (Å²) in [6, 6.07) is 27.0. The van der Waals surface area contributed by atoms with Crippen molar-refractivity contribution in [2.24, 2.45) is 0 Å². The van der Waals surface area contributed by atoms with E-state index < -0.39 is 6.10 Å². The lowest BCUT2D eigenvalue weighted by molar-refractivity contribution is 0.107. The van der Waals surface area contributed by atoms with Gasteiger partial charge in [0.1, 0.15) is 18.5 Å². The normalized spacial score (nSPS) is 12.5. The number of aliphatic hydroxyl groups is 1. The Labute approximate surface area is 198 Å². The van der Waals surface area contributed by atoms with Crippen LogP contribution in [0.3, 0.4) is 0 Å². The largest absolute Gasteiger partial charge is 0.491 e. The first-order chi connectivity index (χ1) is 14.9. The molecule has 2 N–H and O–H groups in total. The van der Waals surface area contributed by atoms with Gasteiger partial charge in [0.2, 0.25) is 0 Å². The maximum atomic E-state index is 10.2. The van der Waals surface area contributed by atoms with Crippen LogP contribution in [0, 0.1) is 0 Å². The number of thioether (sulfide) groups is 1. The summed E-state index contributed by atoms with van der Waals surface area (Å²) >= 11 is 5.24. The van der Waals surface area contributed by atoms with Crippen LogP contribution in [0.15, 0.2) is 88.2 Å². The summed E-state index contributed by atoms with van der Waals surface area (Å²) < 4.78 is 6.87. The Kier molecular flexibility index (Phi) is 9.02. The van der Waals surface area contributed by atoms with Crippen LogP contribution in [-0.4, -0.2) is 36.7 Å². The molecule has 0 fully saturated rings. The van der Waals surface area contributed by atoms with Gasteiger partial charge in [0, 0.05) is 33.6 Å². The molecule has 0 saturated heterocycles. The number of hydrogen-bond acceptors (Lipinski definition) is 4. The molecule has 0 radical (unpaired) electrons. The summed E-state index contributed by atoms with van der Waals surface area (Å²) in [6.45, 7) is 6.07. The van der Waals surface area contributed by atoms with Crippen LogP contribution in [0.4, 0.5) is 0 Å². The predicted octanol–water partition coefficient (Wildman–Crippen LogP) is 5.90. The number of aliphatic hydroxyl groups excluding tert-OH is 1. The Hall–Kier alpha value is -1.79. The molecular formula is C26H30BrNO2S. The lowest BCUT2D eigenvalue weighted by Crippen LogP contribution is -2.32. The summed E-state index contributed by atoms with van der Waals surface area (Å²) in [5, 5.41) is 13.5. The molecule has 0 aromatic heterocycles. The molecule has 0 spiro atoms. The van der Waals surface area contributed by atoms with Gasteiger partial charge in [-0.1, -0.05) is 72.2 Å². The molecule has 0 bridgehead atoms. The fourth-order valence-corrected chi connectivity index (χ4v) is 4.36. The van der Waals surface area contributed by atoms with Gasteiger partial charge in [-0.05, 0) is 47.5 Å². The quantitative estimate of drug-likeness (QED) is 0.254. The third-order valence-corrected chi connectivity index (χ3v) is 6.80. The van der Waals surface area contributed by atoms with Crippen LogP contribution in [0.2, 0.25) is 0 Å². The highest BCUT2D eigenvalue weighted by Crippen LogP contribution is 2.32. The summed E-state index contributed by atoms with van der Waals surface area (Å²) in [4.78, 5) is 1.24. The Morgan fingerprint density at radius 2 is 1.58 bits per heavy atom. The Morgan fingerprint density at radius 1 is 0.935 bits per heavy atom. The second-order valence-electron chi connectivity index (χ2n) is 7.99. The van der Waals surface area contributed by atoms with Gasteiger partial charge in [0.05, 0.1) is 0 Å². The minimum atomic E-state index is -0.543. The molecule has 0 saturated carbocycles. The first-order valence-corrected chi connectivity index (χ1v) is 12.3. The van der Waals surface area contributed by atoms with E-state index in [1.807, 2.05) is 30.3 Å². The van der Waals surface area contributed by atoms with E-state index in [1.54, 1.807) is 11.8 Å². The molecule has 0 aliphatic heterocycles. The highest BCUT2D eigenvalue weighted by Gasteiger charge is 2.22. The molecule has 5 heteroatoms. The molecule has 3 rings (SSSR count). The molecule has 31 heavy (non-hydrogen) atoms. The van der Waals surface area contributed by atoms with Crippen LogP contribution >= 0.6 is 27.7 Å². The van der Waals surface area contributed by atoms with E-state index in [0.29, 0.717) is 6.54 Å². The lowest BCUT2D eigenvalue weighted by atomic mass is 9.78. The van der Waals surface area contributed by atoms with E-state index in [1.165, 1.54) is 16.0 Å². The third kappa shape index (κ3) is 7.39. The Bertz CT molecular complexity index is 914. The van der Waals surface area contributed by atoms with Gasteiger partial charge < -0.3 is 15.2 Å². The number of rotatable bonds is 11. The smallest absolute Gasteiger partial charge is 0.119 e. The first kappa shape index (κ1) is 23.9. The highest BCUT2D eigenvalue weighted by atomic mass is 79.9. The average molecular weight is 501 g/mol. The van der Waals surface area contributed by atoms with Crippen LogP contribution in [0.5, 0.6) is 5.75 Å². The van der Waals surface area contributed by atoms with E-state index in [9.17, 15) is 5.11 Å². The Morgan fingerprint density at radius 3 is 2.26 bits per heavy atom. The zero-order valence-electron chi connectivity index (χ0n) is 18.1. The zero-order valence-corrected chi connectivity index (χ0v) is 20.5. The van der Waals surface area contributed by atoms with E-state index in [0.717, 1.165) is 22.5 Å². The molecule has 3 nitrogen and oxygen atoms in total. The highest BCUT2D eigenvalue weighted by molar-refractivity contribution is 9.10. The number of nitrogens with one attached hydrogen (secondary N) is 1. The van der Waals surface area contributed by atoms with Crippen molar-refractivity contribution in [3.63, 3.8) is 0 Å². The standard InChI is InChI=1S/C26H30BrNO2S/c1-26(2,20-6-4-3-5-7-20)21-8-12-24(13-9-21)30-19-23(29)18-28-16-17-31-25-14-10-22(27)11-15-25/h3-15,23,28-29H,16-19H2,1-2H3/t23-/m1/s1. The second-order valence-corrected chi connectivity index (χ2v) is 10.1. The summed E-state index contributed by atoms with van der Waals surface area (Å²) in [5.41, 5.74) is 2.44. The molecule has 0 amide bonds. The van der Waals surface area contributed by atoms with Crippen LogP contribution < -0.4 is 10.1 Å². The van der Waals surface area contributed by atoms with Crippen molar-refractivity contribution < 1.29 is 9.84 Å². The lowest BCUT2D eigenvalue weighted by Gasteiger charge is -2.26. The molecule has 1 atom stereocenters. The van der Waals surface area contributed by atoms with Crippen molar-refractivity contribution in [1.82, 2.24) is 5.32 Å². The molecule has 0 unspecified atom stereocenters. The van der Waals surface area contributed by atoms with Crippen molar-refractivity contribution in [3.8, 4) is 5.75 Å². The van der Waals surface area contributed by atoms with Crippen molar-refractivity contribution >= 4 is 27.7 Å². The van der Waals surface area contributed by atoms with Crippen molar-refractivity contribution in [2.45, 2.75) is 30.3 Å². The summed E-state index contributed by atoms with van der Waals surface area (Å²) in [7, 11) is 0. The van der Waals surface area contributed by atoms with E-state index in [4.69, 9.17) is 4.74 Å². The summed E-state index contributed by atoms with van der Waals surface area (Å²) in [6.07, 6.45) is -0.543. The average Bonchev–Trinajstić information content (AvgIpc) is 2.79. The van der Waals surface area contributed by atoms with E-state index in [2.05, 4.69) is 83.6 Å². The number of ether oxygens (including phenoxy) is 1. The van der Waals surface area contributed by atoms with Gasteiger partial charge in [-0.25, -0.2) is 0 Å². The van der Waals surface area contributed by atoms with Crippen molar-refractivity contribution in [1.29, 1.82) is 0 Å². The summed E-state index contributed by atoms with van der Waals surface area (Å²) in [5.74, 6) is 1.73. The van der Waals surface area contributed by atoms with E-state index in [-0.39, 0.29) is 12.0 Å². The predicted molar refractivity (Wildman–Crippen MR) is 134 cm³/mol. The second kappa shape index (κ2) is 11.7. The van der Waals surface area contributed by atoms with Crippen LogP contribution in [-0.2, 0) is 5.41 Å². The fraction of sp³-hybridized carbons (Fsp3) is 0.308. The van der Waals surface area contributed by atoms with Crippen molar-refractivity contribution in [2.75, 3.05) is 25.4 Å². The molecule has 3 aromatic rings. The van der Waals surface area contributed by atoms with Crippen LogP contribution in [0.25, 0.3) is 0 Å². The Balaban J connectivity index is 1.37. The monoisotopic (exact) mass is 499 g/mol. The maximum absolute atomic E-state index is 10.2. The van der Waals surface area contributed by atoms with Gasteiger partial charge in [-0.2, -0.15) is 0 Å². The SMILES string of the molecule is CC(C)(c1ccccc1)c1ccc(OC[C@H](O)CNCCSc2ccc(Br)cc2)cc1. The number of benzene rings is 3. The number of hydrogen-bond donors (Lipinski definition) is 2. The maximum Gasteiger partial charge on any atom is 0.119 e. The zero-order chi connectivity index (χ0) is 22.1. The minimum Gasteiger partial charge on any atom is -0.491 e. The van der Waals surface area contributed by atoms with Gasteiger partial charge >= 0.3 is 0 Å². The van der Waals surface area contributed by atoms with Crippen molar-refractivity contribution in [3.05, 3.63) is 94.5 Å². The molecule has 0 aliphatic rings. The molecular weight excluding hydrogens is 470 g/mol. The minimum absolute atomic E-state index is 0.0719. The fourth-order valence-electron chi connectivity index (χ4n) is 3.28.